The topological polar surface area (TPSA) is 90.6 Å². The largest absolute Gasteiger partial charge is 0.472 e. The van der Waals surface area contributed by atoms with E-state index in [-0.39, 0.29) is 12.3 Å². The minimum atomic E-state index is -0.317. The van der Waals surface area contributed by atoms with E-state index in [2.05, 4.69) is 20.6 Å². The minimum absolute atomic E-state index is 0.240. The van der Waals surface area contributed by atoms with Crippen molar-refractivity contribution in [2.75, 3.05) is 0 Å². The van der Waals surface area contributed by atoms with Crippen LogP contribution in [0.4, 0.5) is 0 Å². The Bertz CT molecular complexity index is 882. The highest BCUT2D eigenvalue weighted by Gasteiger charge is 2.15. The lowest BCUT2D eigenvalue weighted by Crippen LogP contribution is -2.23. The van der Waals surface area contributed by atoms with E-state index < -0.39 is 0 Å². The van der Waals surface area contributed by atoms with E-state index in [1.165, 1.54) is 9.36 Å². The Morgan fingerprint density at radius 3 is 2.78 bits per heavy atom. The van der Waals surface area contributed by atoms with Gasteiger partial charge in [-0.15, -0.1) is 5.10 Å². The molecule has 8 nitrogen and oxygen atoms in total. The number of nitrogens with one attached hydrogen (secondary N) is 1. The molecule has 0 fully saturated rings. The Labute approximate surface area is 136 Å². The van der Waals surface area contributed by atoms with E-state index in [1.807, 2.05) is 25.1 Å². The molecule has 0 spiro atoms. The molecule has 9 heteroatoms. The van der Waals surface area contributed by atoms with E-state index >= 15 is 0 Å². The third-order valence-electron chi connectivity index (χ3n) is 3.47. The van der Waals surface area contributed by atoms with Crippen LogP contribution in [0.25, 0.3) is 5.69 Å². The number of hydrogen-bond donors (Lipinski definition) is 1. The molecule has 0 saturated heterocycles. The van der Waals surface area contributed by atoms with Gasteiger partial charge in [0.1, 0.15) is 11.8 Å². The highest BCUT2D eigenvalue weighted by atomic mass is 35.5. The van der Waals surface area contributed by atoms with Crippen LogP contribution >= 0.6 is 11.6 Å². The van der Waals surface area contributed by atoms with Gasteiger partial charge < -0.3 is 4.74 Å². The molecule has 3 rings (SSSR count). The summed E-state index contributed by atoms with van der Waals surface area (Å²) < 4.78 is 8.10. The van der Waals surface area contributed by atoms with Crippen molar-refractivity contribution in [3.63, 3.8) is 0 Å². The first-order chi connectivity index (χ1) is 11.1. The van der Waals surface area contributed by atoms with Gasteiger partial charge in [0.15, 0.2) is 0 Å². The van der Waals surface area contributed by atoms with Crippen LogP contribution in [0.15, 0.2) is 29.1 Å². The van der Waals surface area contributed by atoms with E-state index in [1.54, 1.807) is 13.1 Å². The molecule has 0 atom stereocenters. The first kappa shape index (κ1) is 15.3. The second kappa shape index (κ2) is 6.25. The van der Waals surface area contributed by atoms with Crippen LogP contribution in [-0.2, 0) is 20.1 Å². The lowest BCUT2D eigenvalue weighted by Gasteiger charge is -2.13. The van der Waals surface area contributed by atoms with Crippen molar-refractivity contribution in [1.29, 1.82) is 0 Å². The van der Waals surface area contributed by atoms with Gasteiger partial charge >= 0.3 is 5.69 Å². The summed E-state index contributed by atoms with van der Waals surface area (Å²) >= 11 is 5.79. The fourth-order valence-corrected chi connectivity index (χ4v) is 2.42. The Morgan fingerprint density at radius 1 is 1.35 bits per heavy atom. The van der Waals surface area contributed by atoms with Gasteiger partial charge in [-0.05, 0) is 28.5 Å². The Morgan fingerprint density at radius 2 is 2.17 bits per heavy atom. The molecule has 0 aliphatic rings. The average Bonchev–Trinajstić information content (AvgIpc) is 3.11. The quantitative estimate of drug-likeness (QED) is 0.763. The number of aromatic nitrogens is 6. The molecule has 23 heavy (non-hydrogen) atoms. The Kier molecular flexibility index (Phi) is 4.16. The number of hydrogen-bond acceptors (Lipinski definition) is 5. The summed E-state index contributed by atoms with van der Waals surface area (Å²) in [6.07, 6.45) is 0.795. The summed E-state index contributed by atoms with van der Waals surface area (Å²) in [5, 5.41) is 14.6. The molecular weight excluding hydrogens is 320 g/mol. The summed E-state index contributed by atoms with van der Waals surface area (Å²) in [7, 11) is 1.55. The predicted octanol–water partition coefficient (Wildman–Crippen LogP) is 1.48. The van der Waals surface area contributed by atoms with E-state index in [0.29, 0.717) is 16.7 Å². The van der Waals surface area contributed by atoms with Crippen LogP contribution in [0.1, 0.15) is 18.1 Å². The third-order valence-corrected chi connectivity index (χ3v) is 3.66. The van der Waals surface area contributed by atoms with Crippen molar-refractivity contribution < 1.29 is 4.74 Å². The Balaban J connectivity index is 2.00. The maximum atomic E-state index is 12.1. The molecular formula is C14H15ClN6O2. The predicted molar refractivity (Wildman–Crippen MR) is 83.9 cm³/mol. The van der Waals surface area contributed by atoms with Crippen LogP contribution < -0.4 is 10.4 Å². The van der Waals surface area contributed by atoms with Crippen LogP contribution in [0.3, 0.4) is 0 Å². The van der Waals surface area contributed by atoms with Crippen molar-refractivity contribution in [1.82, 2.24) is 30.0 Å². The molecule has 0 amide bonds. The van der Waals surface area contributed by atoms with Gasteiger partial charge in [-0.3, -0.25) is 5.10 Å². The fourth-order valence-electron chi connectivity index (χ4n) is 2.28. The van der Waals surface area contributed by atoms with Crippen LogP contribution in [0, 0.1) is 0 Å². The maximum Gasteiger partial charge on any atom is 0.368 e. The van der Waals surface area contributed by atoms with E-state index in [0.717, 1.165) is 17.5 Å². The normalized spacial score (nSPS) is 10.9. The van der Waals surface area contributed by atoms with E-state index in [9.17, 15) is 4.79 Å². The summed E-state index contributed by atoms with van der Waals surface area (Å²) in [5.41, 5.74) is 2.24. The summed E-state index contributed by atoms with van der Waals surface area (Å²) in [6, 6.07) is 7.26. The van der Waals surface area contributed by atoms with Crippen molar-refractivity contribution in [2.45, 2.75) is 20.0 Å². The molecule has 2 aromatic heterocycles. The zero-order valence-electron chi connectivity index (χ0n) is 12.7. The van der Waals surface area contributed by atoms with Gasteiger partial charge in [-0.25, -0.2) is 4.79 Å². The average molecular weight is 335 g/mol. The van der Waals surface area contributed by atoms with Gasteiger partial charge in [0.2, 0.25) is 5.88 Å². The van der Waals surface area contributed by atoms with Crippen molar-refractivity contribution in [3.8, 4) is 11.6 Å². The minimum Gasteiger partial charge on any atom is -0.472 e. The number of halogens is 1. The number of aryl methyl sites for hydroxylation is 2. The maximum absolute atomic E-state index is 12.1. The molecule has 0 radical (unpaired) electrons. The van der Waals surface area contributed by atoms with Crippen LogP contribution in [0.5, 0.6) is 5.88 Å². The number of nitrogens with zero attached hydrogens (tertiary/aromatic N) is 5. The molecule has 0 unspecified atom stereocenters. The number of H-pyrrole nitrogens is 1. The lowest BCUT2D eigenvalue weighted by atomic mass is 10.0. The summed E-state index contributed by atoms with van der Waals surface area (Å²) in [5.74, 6) is 0.387. The number of tetrazole rings is 1. The molecule has 1 N–H and O–H groups in total. The number of benzene rings is 1. The van der Waals surface area contributed by atoms with Gasteiger partial charge in [0.05, 0.1) is 5.69 Å². The molecule has 1 aromatic carbocycles. The second-order valence-electron chi connectivity index (χ2n) is 4.91. The van der Waals surface area contributed by atoms with Gasteiger partial charge in [0, 0.05) is 18.7 Å². The summed E-state index contributed by atoms with van der Waals surface area (Å²) in [6.45, 7) is 2.27. The van der Waals surface area contributed by atoms with Gasteiger partial charge in [-0.1, -0.05) is 30.7 Å². The zero-order chi connectivity index (χ0) is 16.4. The van der Waals surface area contributed by atoms with Gasteiger partial charge in [0.25, 0.3) is 0 Å². The number of rotatable bonds is 5. The number of ether oxygens (including phenoxy) is 1. The van der Waals surface area contributed by atoms with Crippen LogP contribution in [-0.4, -0.2) is 30.0 Å². The molecule has 0 bridgehead atoms. The van der Waals surface area contributed by atoms with Crippen LogP contribution in [0.2, 0.25) is 5.15 Å². The van der Waals surface area contributed by atoms with Crippen molar-refractivity contribution in [3.05, 3.63) is 51.0 Å². The molecule has 0 aliphatic carbocycles. The molecule has 2 heterocycles. The first-order valence-corrected chi connectivity index (χ1v) is 7.41. The highest BCUT2D eigenvalue weighted by molar-refractivity contribution is 6.29. The van der Waals surface area contributed by atoms with Crippen molar-refractivity contribution in [2.24, 2.45) is 7.05 Å². The van der Waals surface area contributed by atoms with Gasteiger partial charge in [-0.2, -0.15) is 9.36 Å². The SMILES string of the molecule is CCc1cccc(-n2nnn(C)c2=O)c1COc1cc(Cl)[nH]n1. The summed E-state index contributed by atoms with van der Waals surface area (Å²) in [4.78, 5) is 12.1. The molecule has 0 saturated carbocycles. The lowest BCUT2D eigenvalue weighted by molar-refractivity contribution is 0.291. The third kappa shape index (κ3) is 2.98. The molecule has 3 aromatic rings. The molecule has 0 aliphatic heterocycles. The van der Waals surface area contributed by atoms with Crippen molar-refractivity contribution >= 4 is 11.6 Å². The standard InChI is InChI=1S/C14H15ClN6O2/c1-3-9-5-4-6-11(21-14(22)20(2)18-19-21)10(9)8-23-13-7-12(15)16-17-13/h4-7H,3,8H2,1-2H3,(H,16,17). The highest BCUT2D eigenvalue weighted by Crippen LogP contribution is 2.21. The second-order valence-corrected chi connectivity index (χ2v) is 5.32. The van der Waals surface area contributed by atoms with E-state index in [4.69, 9.17) is 16.3 Å². The smallest absolute Gasteiger partial charge is 0.368 e. The fraction of sp³-hybridized carbons (Fsp3) is 0.286. The zero-order valence-corrected chi connectivity index (χ0v) is 13.4. The first-order valence-electron chi connectivity index (χ1n) is 7.04. The monoisotopic (exact) mass is 334 g/mol. The number of aromatic amines is 1. The Hall–Kier alpha value is -2.61. The molecule has 120 valence electrons.